The molecular weight excluding hydrogens is 162 g/mol. The highest BCUT2D eigenvalue weighted by atomic mass is 15.3. The fraction of sp³-hybridized carbons (Fsp3) is 0.400. The SMILES string of the molecule is CC=NNc1nc(C)c(C)cc1C. The smallest absolute Gasteiger partial charge is 0.149 e. The first-order chi connectivity index (χ1) is 6.15. The van der Waals surface area contributed by atoms with Gasteiger partial charge >= 0.3 is 0 Å². The summed E-state index contributed by atoms with van der Waals surface area (Å²) in [5.41, 5.74) is 6.26. The Balaban J connectivity index is 3.01. The van der Waals surface area contributed by atoms with Crippen molar-refractivity contribution >= 4 is 12.0 Å². The summed E-state index contributed by atoms with van der Waals surface area (Å²) in [7, 11) is 0. The molecule has 0 aromatic carbocycles. The van der Waals surface area contributed by atoms with E-state index in [0.29, 0.717) is 0 Å². The number of pyridine rings is 1. The van der Waals surface area contributed by atoms with E-state index in [1.807, 2.05) is 20.8 Å². The molecule has 1 aromatic rings. The van der Waals surface area contributed by atoms with Crippen molar-refractivity contribution in [2.24, 2.45) is 5.10 Å². The monoisotopic (exact) mass is 177 g/mol. The largest absolute Gasteiger partial charge is 0.261 e. The molecule has 0 radical (unpaired) electrons. The van der Waals surface area contributed by atoms with Crippen molar-refractivity contribution in [3.05, 3.63) is 22.9 Å². The Morgan fingerprint density at radius 1 is 1.31 bits per heavy atom. The maximum Gasteiger partial charge on any atom is 0.149 e. The van der Waals surface area contributed by atoms with Gasteiger partial charge in [-0.3, -0.25) is 5.43 Å². The molecule has 0 aliphatic rings. The van der Waals surface area contributed by atoms with Gasteiger partial charge in [-0.25, -0.2) is 4.98 Å². The highest BCUT2D eigenvalue weighted by Gasteiger charge is 2.01. The fourth-order valence-corrected chi connectivity index (χ4v) is 1.08. The topological polar surface area (TPSA) is 37.3 Å². The maximum atomic E-state index is 4.38. The van der Waals surface area contributed by atoms with Gasteiger partial charge in [-0.1, -0.05) is 6.07 Å². The van der Waals surface area contributed by atoms with E-state index in [1.165, 1.54) is 5.56 Å². The van der Waals surface area contributed by atoms with E-state index in [4.69, 9.17) is 0 Å². The second-order valence-corrected chi connectivity index (χ2v) is 3.06. The van der Waals surface area contributed by atoms with Crippen LogP contribution in [0, 0.1) is 20.8 Å². The van der Waals surface area contributed by atoms with Crippen molar-refractivity contribution in [3.8, 4) is 0 Å². The first kappa shape index (κ1) is 9.71. The van der Waals surface area contributed by atoms with Crippen molar-refractivity contribution in [1.82, 2.24) is 4.98 Å². The zero-order chi connectivity index (χ0) is 9.84. The average Bonchev–Trinajstić information content (AvgIpc) is 2.09. The van der Waals surface area contributed by atoms with Crippen LogP contribution in [0.1, 0.15) is 23.7 Å². The quantitative estimate of drug-likeness (QED) is 0.556. The van der Waals surface area contributed by atoms with Gasteiger partial charge < -0.3 is 0 Å². The second kappa shape index (κ2) is 4.03. The number of aryl methyl sites for hydroxylation is 3. The summed E-state index contributed by atoms with van der Waals surface area (Å²) in [6, 6.07) is 2.11. The van der Waals surface area contributed by atoms with Crippen LogP contribution in [0.2, 0.25) is 0 Å². The molecule has 0 spiro atoms. The Labute approximate surface area is 78.9 Å². The fourth-order valence-electron chi connectivity index (χ4n) is 1.08. The molecule has 0 amide bonds. The van der Waals surface area contributed by atoms with Crippen LogP contribution in [0.3, 0.4) is 0 Å². The minimum absolute atomic E-state index is 0.834. The van der Waals surface area contributed by atoms with Crippen molar-refractivity contribution in [2.45, 2.75) is 27.7 Å². The molecule has 1 heterocycles. The highest BCUT2D eigenvalue weighted by molar-refractivity contribution is 5.56. The normalized spacial score (nSPS) is 10.8. The van der Waals surface area contributed by atoms with Gasteiger partial charge in [0.25, 0.3) is 0 Å². The van der Waals surface area contributed by atoms with Crippen molar-refractivity contribution < 1.29 is 0 Å². The highest BCUT2D eigenvalue weighted by Crippen LogP contribution is 2.15. The molecule has 0 aliphatic carbocycles. The summed E-state index contributed by atoms with van der Waals surface area (Å²) in [6.07, 6.45) is 1.70. The molecule has 13 heavy (non-hydrogen) atoms. The third-order valence-electron chi connectivity index (χ3n) is 1.96. The number of aromatic nitrogens is 1. The van der Waals surface area contributed by atoms with Gasteiger partial charge in [0.1, 0.15) is 5.82 Å². The lowest BCUT2D eigenvalue weighted by Crippen LogP contribution is -1.98. The van der Waals surface area contributed by atoms with E-state index < -0.39 is 0 Å². The summed E-state index contributed by atoms with van der Waals surface area (Å²) in [4.78, 5) is 4.38. The molecule has 1 N–H and O–H groups in total. The van der Waals surface area contributed by atoms with E-state index >= 15 is 0 Å². The van der Waals surface area contributed by atoms with E-state index in [2.05, 4.69) is 28.5 Å². The van der Waals surface area contributed by atoms with Crippen LogP contribution < -0.4 is 5.43 Å². The lowest BCUT2D eigenvalue weighted by molar-refractivity contribution is 1.10. The molecule has 0 unspecified atom stereocenters. The van der Waals surface area contributed by atoms with E-state index in [-0.39, 0.29) is 0 Å². The third kappa shape index (κ3) is 2.28. The van der Waals surface area contributed by atoms with Gasteiger partial charge in [-0.15, -0.1) is 0 Å². The van der Waals surface area contributed by atoms with Crippen molar-refractivity contribution in [2.75, 3.05) is 5.43 Å². The molecule has 3 nitrogen and oxygen atoms in total. The molecular formula is C10H15N3. The maximum absolute atomic E-state index is 4.38. The van der Waals surface area contributed by atoms with Gasteiger partial charge in [0, 0.05) is 11.9 Å². The number of nitrogens with one attached hydrogen (secondary N) is 1. The number of nitrogens with zero attached hydrogens (tertiary/aromatic N) is 2. The van der Waals surface area contributed by atoms with Crippen LogP contribution >= 0.6 is 0 Å². The summed E-state index contributed by atoms with van der Waals surface area (Å²) in [5.74, 6) is 0.834. The summed E-state index contributed by atoms with van der Waals surface area (Å²) in [5, 5.41) is 3.94. The zero-order valence-corrected chi connectivity index (χ0v) is 8.55. The van der Waals surface area contributed by atoms with Gasteiger partial charge in [0.05, 0.1) is 0 Å². The number of rotatable bonds is 2. The van der Waals surface area contributed by atoms with Gasteiger partial charge in [0.15, 0.2) is 0 Å². The van der Waals surface area contributed by atoms with Crippen LogP contribution in [0.5, 0.6) is 0 Å². The first-order valence-electron chi connectivity index (χ1n) is 4.33. The zero-order valence-electron chi connectivity index (χ0n) is 8.55. The van der Waals surface area contributed by atoms with Crippen LogP contribution in [0.4, 0.5) is 5.82 Å². The predicted molar refractivity (Wildman–Crippen MR) is 56.2 cm³/mol. The number of hydrogen-bond acceptors (Lipinski definition) is 3. The van der Waals surface area contributed by atoms with Gasteiger partial charge in [-0.2, -0.15) is 5.10 Å². The molecule has 0 aliphatic heterocycles. The molecule has 0 fully saturated rings. The molecule has 70 valence electrons. The molecule has 0 bridgehead atoms. The van der Waals surface area contributed by atoms with E-state index in [0.717, 1.165) is 17.1 Å². The molecule has 0 atom stereocenters. The molecule has 1 rings (SSSR count). The van der Waals surface area contributed by atoms with Crippen molar-refractivity contribution in [1.29, 1.82) is 0 Å². The van der Waals surface area contributed by atoms with Gasteiger partial charge in [-0.05, 0) is 38.8 Å². The number of hydrogen-bond donors (Lipinski definition) is 1. The number of anilines is 1. The standard InChI is InChI=1S/C10H15N3/c1-5-11-13-10-8(3)6-7(2)9(4)12-10/h5-6H,1-4H3,(H,12,13). The lowest BCUT2D eigenvalue weighted by atomic mass is 10.1. The Hall–Kier alpha value is -1.38. The Morgan fingerprint density at radius 2 is 2.00 bits per heavy atom. The number of hydrazone groups is 1. The van der Waals surface area contributed by atoms with E-state index in [9.17, 15) is 0 Å². The van der Waals surface area contributed by atoms with Crippen LogP contribution in [0.25, 0.3) is 0 Å². The minimum atomic E-state index is 0.834. The van der Waals surface area contributed by atoms with Crippen LogP contribution in [-0.4, -0.2) is 11.2 Å². The molecule has 0 saturated carbocycles. The van der Waals surface area contributed by atoms with Crippen LogP contribution in [-0.2, 0) is 0 Å². The Kier molecular flexibility index (Phi) is 3.01. The molecule has 3 heteroatoms. The van der Waals surface area contributed by atoms with Crippen LogP contribution in [0.15, 0.2) is 11.2 Å². The van der Waals surface area contributed by atoms with Crippen molar-refractivity contribution in [3.63, 3.8) is 0 Å². The third-order valence-corrected chi connectivity index (χ3v) is 1.96. The molecule has 0 saturated heterocycles. The predicted octanol–water partition coefficient (Wildman–Crippen LogP) is 2.42. The average molecular weight is 177 g/mol. The summed E-state index contributed by atoms with van der Waals surface area (Å²) < 4.78 is 0. The summed E-state index contributed by atoms with van der Waals surface area (Å²) in [6.45, 7) is 7.94. The Morgan fingerprint density at radius 3 is 2.62 bits per heavy atom. The van der Waals surface area contributed by atoms with E-state index in [1.54, 1.807) is 6.21 Å². The minimum Gasteiger partial charge on any atom is -0.261 e. The van der Waals surface area contributed by atoms with Gasteiger partial charge in [0.2, 0.25) is 0 Å². The molecule has 1 aromatic heterocycles. The summed E-state index contributed by atoms with van der Waals surface area (Å²) >= 11 is 0. The second-order valence-electron chi connectivity index (χ2n) is 3.06. The Bertz CT molecular complexity index is 329. The lowest BCUT2D eigenvalue weighted by Gasteiger charge is -2.06. The first-order valence-corrected chi connectivity index (χ1v) is 4.33.